The van der Waals surface area contributed by atoms with E-state index in [0.717, 1.165) is 60.9 Å². The van der Waals surface area contributed by atoms with Crippen molar-refractivity contribution >= 4 is 82.5 Å². The topological polar surface area (TPSA) is 29.5 Å². The lowest BCUT2D eigenvalue weighted by molar-refractivity contribution is 0.669. The van der Waals surface area contributed by atoms with Crippen molar-refractivity contribution in [2.45, 2.75) is 0 Å². The summed E-state index contributed by atoms with van der Waals surface area (Å²) in [5.41, 5.74) is 8.94. The number of nitrogens with zero attached hydrogens (tertiary/aromatic N) is 1. The van der Waals surface area contributed by atoms with Gasteiger partial charge in [0, 0.05) is 32.9 Å². The minimum Gasteiger partial charge on any atom is -0.456 e. The maximum Gasteiger partial charge on any atom is 0.159 e. The zero-order chi connectivity index (χ0) is 30.9. The van der Waals surface area contributed by atoms with E-state index in [0.29, 0.717) is 0 Å². The van der Waals surface area contributed by atoms with Crippen LogP contribution in [0.15, 0.2) is 173 Å². The highest BCUT2D eigenvalue weighted by atomic mass is 16.3. The van der Waals surface area contributed by atoms with Crippen molar-refractivity contribution in [2.24, 2.45) is 0 Å². The first-order valence-corrected chi connectivity index (χ1v) is 15.9. The average Bonchev–Trinajstić information content (AvgIpc) is 3.71. The Labute approximate surface area is 270 Å². The van der Waals surface area contributed by atoms with Crippen molar-refractivity contribution in [1.29, 1.82) is 0 Å². The Morgan fingerprint density at radius 3 is 1.89 bits per heavy atom. The third-order valence-electron chi connectivity index (χ3n) is 9.45. The smallest absolute Gasteiger partial charge is 0.159 e. The summed E-state index contributed by atoms with van der Waals surface area (Å²) in [7, 11) is 0. The van der Waals surface area contributed by atoms with Crippen LogP contribution in [0, 0.1) is 0 Å². The fourth-order valence-electron chi connectivity index (χ4n) is 7.28. The molecule has 0 aliphatic carbocycles. The number of hydrogen-bond acceptors (Lipinski definition) is 3. The van der Waals surface area contributed by atoms with Gasteiger partial charge in [-0.15, -0.1) is 0 Å². The van der Waals surface area contributed by atoms with Gasteiger partial charge in [-0.3, -0.25) is 0 Å². The van der Waals surface area contributed by atoms with Crippen molar-refractivity contribution in [3.05, 3.63) is 164 Å². The number of benzene rings is 8. The van der Waals surface area contributed by atoms with Crippen LogP contribution in [0.2, 0.25) is 0 Å². The first kappa shape index (κ1) is 26.0. The van der Waals surface area contributed by atoms with Crippen LogP contribution in [0.3, 0.4) is 0 Å². The van der Waals surface area contributed by atoms with Crippen molar-refractivity contribution in [1.82, 2.24) is 0 Å². The minimum atomic E-state index is 0.856. The third-order valence-corrected chi connectivity index (χ3v) is 9.45. The van der Waals surface area contributed by atoms with Crippen LogP contribution < -0.4 is 4.90 Å². The van der Waals surface area contributed by atoms with Crippen LogP contribution in [-0.2, 0) is 0 Å². The monoisotopic (exact) mass is 601 g/mol. The second kappa shape index (κ2) is 10.1. The van der Waals surface area contributed by atoms with Gasteiger partial charge in [0.05, 0.1) is 5.69 Å². The Hall–Kier alpha value is -6.32. The van der Waals surface area contributed by atoms with E-state index in [1.54, 1.807) is 0 Å². The van der Waals surface area contributed by atoms with Gasteiger partial charge in [0.25, 0.3) is 0 Å². The van der Waals surface area contributed by atoms with Gasteiger partial charge in [-0.1, -0.05) is 115 Å². The Balaban J connectivity index is 1.21. The van der Waals surface area contributed by atoms with E-state index in [1.165, 1.54) is 32.7 Å². The molecule has 3 heteroatoms. The van der Waals surface area contributed by atoms with Gasteiger partial charge in [0.2, 0.25) is 0 Å². The molecule has 0 spiro atoms. The van der Waals surface area contributed by atoms with Crippen molar-refractivity contribution < 1.29 is 8.83 Å². The van der Waals surface area contributed by atoms with Gasteiger partial charge < -0.3 is 13.7 Å². The summed E-state index contributed by atoms with van der Waals surface area (Å²) in [6.45, 7) is 0. The number of anilines is 3. The quantitative estimate of drug-likeness (QED) is 0.201. The summed E-state index contributed by atoms with van der Waals surface area (Å²) >= 11 is 0. The van der Waals surface area contributed by atoms with Crippen LogP contribution in [-0.4, -0.2) is 0 Å². The number of fused-ring (bicyclic) bond motifs is 9. The molecule has 0 aliphatic rings. The molecular formula is C44H27NO2. The maximum absolute atomic E-state index is 6.59. The number of para-hydroxylation sites is 2. The zero-order valence-corrected chi connectivity index (χ0v) is 25.4. The van der Waals surface area contributed by atoms with Crippen LogP contribution in [0.5, 0.6) is 0 Å². The Morgan fingerprint density at radius 2 is 1.02 bits per heavy atom. The highest BCUT2D eigenvalue weighted by molar-refractivity contribution is 6.19. The number of hydrogen-bond donors (Lipinski definition) is 0. The Kier molecular flexibility index (Phi) is 5.57. The van der Waals surface area contributed by atoms with E-state index in [-0.39, 0.29) is 0 Å². The number of rotatable bonds is 4. The molecule has 47 heavy (non-hydrogen) atoms. The summed E-state index contributed by atoms with van der Waals surface area (Å²) in [4.78, 5) is 2.31. The van der Waals surface area contributed by atoms with Gasteiger partial charge >= 0.3 is 0 Å². The molecule has 3 nitrogen and oxygen atoms in total. The second-order valence-electron chi connectivity index (χ2n) is 12.1. The number of furan rings is 2. The molecule has 10 rings (SSSR count). The van der Waals surface area contributed by atoms with Gasteiger partial charge in [0.1, 0.15) is 16.7 Å². The van der Waals surface area contributed by atoms with Gasteiger partial charge in [-0.2, -0.15) is 0 Å². The molecule has 2 heterocycles. The van der Waals surface area contributed by atoms with E-state index in [1.807, 2.05) is 12.1 Å². The maximum atomic E-state index is 6.59. The first-order chi connectivity index (χ1) is 23.3. The standard InChI is InChI=1S/C44H27NO2/c1-3-12-33-28(9-1)11-7-15-34(33)30-19-22-31(23-20-30)45(39-17-8-16-37-36-14-5-6-18-40(36)47-44(37)39)32-24-26-41-38(27-32)43-35-13-4-2-10-29(35)21-25-42(43)46-41/h1-27H. The van der Waals surface area contributed by atoms with Crippen molar-refractivity contribution in [3.63, 3.8) is 0 Å². The lowest BCUT2D eigenvalue weighted by Gasteiger charge is -2.26. The molecule has 10 aromatic rings. The van der Waals surface area contributed by atoms with E-state index in [9.17, 15) is 0 Å². The molecule has 0 radical (unpaired) electrons. The van der Waals surface area contributed by atoms with E-state index in [2.05, 4.69) is 157 Å². The van der Waals surface area contributed by atoms with Gasteiger partial charge in [-0.25, -0.2) is 0 Å². The third kappa shape index (κ3) is 4.00. The molecule has 8 aromatic carbocycles. The predicted molar refractivity (Wildman–Crippen MR) is 196 cm³/mol. The van der Waals surface area contributed by atoms with Gasteiger partial charge in [-0.05, 0) is 81.2 Å². The molecule has 0 saturated carbocycles. The Morgan fingerprint density at radius 1 is 0.383 bits per heavy atom. The summed E-state index contributed by atoms with van der Waals surface area (Å²) < 4.78 is 13.0. The molecule has 0 atom stereocenters. The highest BCUT2D eigenvalue weighted by Crippen LogP contribution is 2.45. The van der Waals surface area contributed by atoms with Crippen LogP contribution in [0.4, 0.5) is 17.1 Å². The minimum absolute atomic E-state index is 0.856. The molecule has 0 bridgehead atoms. The molecule has 0 fully saturated rings. The molecule has 220 valence electrons. The summed E-state index contributed by atoms with van der Waals surface area (Å²) in [5, 5.41) is 9.29. The second-order valence-corrected chi connectivity index (χ2v) is 12.1. The molecule has 2 aromatic heterocycles. The fraction of sp³-hybridized carbons (Fsp3) is 0. The lowest BCUT2D eigenvalue weighted by atomic mass is 9.98. The van der Waals surface area contributed by atoms with E-state index in [4.69, 9.17) is 8.83 Å². The van der Waals surface area contributed by atoms with Crippen LogP contribution in [0.1, 0.15) is 0 Å². The molecule has 0 amide bonds. The molecule has 0 N–H and O–H groups in total. The van der Waals surface area contributed by atoms with E-state index < -0.39 is 0 Å². The van der Waals surface area contributed by atoms with Crippen molar-refractivity contribution in [3.8, 4) is 11.1 Å². The van der Waals surface area contributed by atoms with Crippen LogP contribution >= 0.6 is 0 Å². The van der Waals surface area contributed by atoms with E-state index >= 15 is 0 Å². The van der Waals surface area contributed by atoms with Gasteiger partial charge in [0.15, 0.2) is 5.58 Å². The first-order valence-electron chi connectivity index (χ1n) is 15.9. The highest BCUT2D eigenvalue weighted by Gasteiger charge is 2.21. The lowest BCUT2D eigenvalue weighted by Crippen LogP contribution is -2.10. The molecule has 0 unspecified atom stereocenters. The summed E-state index contributed by atoms with van der Waals surface area (Å²) in [6.07, 6.45) is 0. The predicted octanol–water partition coefficient (Wildman–Crippen LogP) is 12.9. The fourth-order valence-corrected chi connectivity index (χ4v) is 7.28. The largest absolute Gasteiger partial charge is 0.456 e. The molecule has 0 aliphatic heterocycles. The normalized spacial score (nSPS) is 11.8. The average molecular weight is 602 g/mol. The zero-order valence-electron chi connectivity index (χ0n) is 25.4. The Bertz CT molecular complexity index is 2800. The molecular weight excluding hydrogens is 574 g/mol. The van der Waals surface area contributed by atoms with Crippen LogP contribution in [0.25, 0.3) is 76.5 Å². The summed E-state index contributed by atoms with van der Waals surface area (Å²) in [5.74, 6) is 0. The van der Waals surface area contributed by atoms with Crippen molar-refractivity contribution in [2.75, 3.05) is 4.90 Å². The summed E-state index contributed by atoms with van der Waals surface area (Å²) in [6, 6.07) is 57.8. The SMILES string of the molecule is c1ccc2c(-c3ccc(N(c4ccc5oc6ccc7ccccc7c6c5c4)c4cccc5c4oc4ccccc45)cc3)cccc2c1. The molecule has 0 saturated heterocycles.